The van der Waals surface area contributed by atoms with Gasteiger partial charge in [-0.15, -0.1) is 0 Å². The first kappa shape index (κ1) is 11.2. The first-order valence-corrected chi connectivity index (χ1v) is 5.25. The normalized spacial score (nSPS) is 11.4. The van der Waals surface area contributed by atoms with Gasteiger partial charge in [-0.2, -0.15) is 5.10 Å². The van der Waals surface area contributed by atoms with Crippen LogP contribution in [0.5, 0.6) is 0 Å². The van der Waals surface area contributed by atoms with E-state index in [4.69, 9.17) is 0 Å². The van der Waals surface area contributed by atoms with Crippen LogP contribution in [-0.2, 0) is 11.3 Å². The first-order valence-electron chi connectivity index (χ1n) is 4.46. The van der Waals surface area contributed by atoms with Crippen molar-refractivity contribution in [2.45, 2.75) is 31.6 Å². The van der Waals surface area contributed by atoms with Crippen molar-refractivity contribution in [3.8, 4) is 0 Å². The highest BCUT2D eigenvalue weighted by atomic mass is 79.9. The van der Waals surface area contributed by atoms with E-state index in [0.717, 1.165) is 12.2 Å². The highest BCUT2D eigenvalue weighted by Crippen LogP contribution is 2.18. The predicted molar refractivity (Wildman–Crippen MR) is 59.5 cm³/mol. The number of amides is 1. The Balaban J connectivity index is 2.65. The van der Waals surface area contributed by atoms with Gasteiger partial charge in [-0.05, 0) is 20.8 Å². The van der Waals surface area contributed by atoms with Crippen LogP contribution in [0.1, 0.15) is 20.8 Å². The molecule has 1 rings (SSSR count). The fourth-order valence-corrected chi connectivity index (χ4v) is 0.980. The van der Waals surface area contributed by atoms with Crippen molar-refractivity contribution in [1.82, 2.24) is 9.78 Å². The summed E-state index contributed by atoms with van der Waals surface area (Å²) in [6.45, 7) is 6.39. The van der Waals surface area contributed by atoms with Crippen LogP contribution in [0.15, 0.2) is 12.4 Å². The molecule has 4 nitrogen and oxygen atoms in total. The number of hydrogen-bond donors (Lipinski definition) is 1. The zero-order chi connectivity index (χ0) is 10.8. The van der Waals surface area contributed by atoms with E-state index in [9.17, 15) is 4.79 Å². The molecule has 1 heterocycles. The number of carbonyl (C=O) groups excluding carboxylic acids is 1. The van der Waals surface area contributed by atoms with E-state index >= 15 is 0 Å². The summed E-state index contributed by atoms with van der Waals surface area (Å²) in [7, 11) is 0. The summed E-state index contributed by atoms with van der Waals surface area (Å²) in [6.07, 6.45) is 3.44. The highest BCUT2D eigenvalue weighted by molar-refractivity contribution is 9.10. The van der Waals surface area contributed by atoms with Crippen LogP contribution in [0, 0.1) is 0 Å². The van der Waals surface area contributed by atoms with Gasteiger partial charge in [-0.3, -0.25) is 9.48 Å². The Kier molecular flexibility index (Phi) is 3.31. The molecule has 5 heteroatoms. The number of hydrogen-bond acceptors (Lipinski definition) is 2. The molecule has 0 aliphatic rings. The van der Waals surface area contributed by atoms with Crippen LogP contribution in [0.25, 0.3) is 0 Å². The van der Waals surface area contributed by atoms with Crippen molar-refractivity contribution >= 4 is 27.5 Å². The number of anilines is 1. The molecule has 1 amide bonds. The van der Waals surface area contributed by atoms with Gasteiger partial charge >= 0.3 is 0 Å². The number of carbonyl (C=O) groups is 1. The van der Waals surface area contributed by atoms with Crippen LogP contribution < -0.4 is 5.32 Å². The fraction of sp³-hybridized carbons (Fsp3) is 0.556. The summed E-state index contributed by atoms with van der Waals surface area (Å²) in [6, 6.07) is 0. The lowest BCUT2D eigenvalue weighted by Crippen LogP contribution is -2.30. The van der Waals surface area contributed by atoms with E-state index in [0.29, 0.717) is 0 Å². The molecule has 1 aromatic rings. The molecule has 1 N–H and O–H groups in total. The molecule has 0 saturated heterocycles. The molecule has 0 atom stereocenters. The van der Waals surface area contributed by atoms with E-state index in [-0.39, 0.29) is 5.91 Å². The molecule has 0 unspecified atom stereocenters. The van der Waals surface area contributed by atoms with Gasteiger partial charge in [0, 0.05) is 12.7 Å². The predicted octanol–water partition coefficient (Wildman–Crippen LogP) is 2.01. The van der Waals surface area contributed by atoms with Crippen LogP contribution in [0.3, 0.4) is 0 Å². The molecule has 0 spiro atoms. The minimum atomic E-state index is -0.554. The average Bonchev–Trinajstić information content (AvgIpc) is 2.50. The van der Waals surface area contributed by atoms with Gasteiger partial charge in [0.05, 0.1) is 16.2 Å². The molecule has 0 aromatic carbocycles. The summed E-state index contributed by atoms with van der Waals surface area (Å²) in [5.41, 5.74) is 0.726. The lowest BCUT2D eigenvalue weighted by atomic mass is 10.2. The minimum absolute atomic E-state index is 0.0758. The SMILES string of the molecule is CCn1cc(NC(=O)C(C)(C)Br)cn1. The highest BCUT2D eigenvalue weighted by Gasteiger charge is 2.23. The molecule has 0 bridgehead atoms. The van der Waals surface area contributed by atoms with Crippen molar-refractivity contribution in [3.05, 3.63) is 12.4 Å². The van der Waals surface area contributed by atoms with Gasteiger partial charge in [0.15, 0.2) is 0 Å². The third-order valence-electron chi connectivity index (χ3n) is 1.76. The van der Waals surface area contributed by atoms with E-state index in [1.165, 1.54) is 0 Å². The summed E-state index contributed by atoms with van der Waals surface area (Å²) in [4.78, 5) is 11.5. The third kappa shape index (κ3) is 2.83. The molecule has 0 saturated carbocycles. The summed E-state index contributed by atoms with van der Waals surface area (Å²) in [5.74, 6) is -0.0758. The summed E-state index contributed by atoms with van der Waals surface area (Å²) in [5, 5.41) is 6.82. The Labute approximate surface area is 91.8 Å². The third-order valence-corrected chi connectivity index (χ3v) is 2.12. The smallest absolute Gasteiger partial charge is 0.240 e. The minimum Gasteiger partial charge on any atom is -0.322 e. The maximum absolute atomic E-state index is 11.5. The molecule has 78 valence electrons. The maximum atomic E-state index is 11.5. The van der Waals surface area contributed by atoms with Gasteiger partial charge in [-0.25, -0.2) is 0 Å². The van der Waals surface area contributed by atoms with E-state index in [1.807, 2.05) is 6.92 Å². The standard InChI is InChI=1S/C9H14BrN3O/c1-4-13-6-7(5-11-13)12-8(14)9(2,3)10/h5-6H,4H2,1-3H3,(H,12,14). The molecular weight excluding hydrogens is 246 g/mol. The largest absolute Gasteiger partial charge is 0.322 e. The lowest BCUT2D eigenvalue weighted by Gasteiger charge is -2.14. The average molecular weight is 260 g/mol. The van der Waals surface area contributed by atoms with Gasteiger partial charge in [-0.1, -0.05) is 15.9 Å². The number of alkyl halides is 1. The van der Waals surface area contributed by atoms with Crippen molar-refractivity contribution < 1.29 is 4.79 Å². The second-order valence-corrected chi connectivity index (χ2v) is 5.49. The van der Waals surface area contributed by atoms with Gasteiger partial charge in [0.2, 0.25) is 5.91 Å². The van der Waals surface area contributed by atoms with E-state index in [1.54, 1.807) is 30.9 Å². The molecule has 0 fully saturated rings. The molecule has 14 heavy (non-hydrogen) atoms. The van der Waals surface area contributed by atoms with Crippen LogP contribution in [0.2, 0.25) is 0 Å². The number of aromatic nitrogens is 2. The molecule has 0 radical (unpaired) electrons. The lowest BCUT2D eigenvalue weighted by molar-refractivity contribution is -0.117. The number of aryl methyl sites for hydroxylation is 1. The molecule has 0 aliphatic carbocycles. The second kappa shape index (κ2) is 4.13. The van der Waals surface area contributed by atoms with E-state index < -0.39 is 4.32 Å². The molecule has 1 aromatic heterocycles. The quantitative estimate of drug-likeness (QED) is 0.845. The van der Waals surface area contributed by atoms with Crippen LogP contribution in [0.4, 0.5) is 5.69 Å². The van der Waals surface area contributed by atoms with Crippen LogP contribution in [-0.4, -0.2) is 20.0 Å². The van der Waals surface area contributed by atoms with E-state index in [2.05, 4.69) is 26.3 Å². The first-order chi connectivity index (χ1) is 6.43. The Morgan fingerprint density at radius 1 is 1.71 bits per heavy atom. The molecule has 0 aliphatic heterocycles. The maximum Gasteiger partial charge on any atom is 0.240 e. The number of rotatable bonds is 3. The van der Waals surface area contributed by atoms with Gasteiger partial charge < -0.3 is 5.32 Å². The van der Waals surface area contributed by atoms with Gasteiger partial charge in [0.25, 0.3) is 0 Å². The Hall–Kier alpha value is -0.840. The Bertz CT molecular complexity index is 327. The van der Waals surface area contributed by atoms with Crippen molar-refractivity contribution in [3.63, 3.8) is 0 Å². The zero-order valence-corrected chi connectivity index (χ0v) is 10.1. The monoisotopic (exact) mass is 259 g/mol. The second-order valence-electron chi connectivity index (χ2n) is 3.51. The van der Waals surface area contributed by atoms with Crippen molar-refractivity contribution in [1.29, 1.82) is 0 Å². The van der Waals surface area contributed by atoms with Gasteiger partial charge in [0.1, 0.15) is 0 Å². The van der Waals surface area contributed by atoms with Crippen LogP contribution >= 0.6 is 15.9 Å². The number of halogens is 1. The zero-order valence-electron chi connectivity index (χ0n) is 8.54. The number of nitrogens with one attached hydrogen (secondary N) is 1. The summed E-state index contributed by atoms with van der Waals surface area (Å²) < 4.78 is 1.21. The Morgan fingerprint density at radius 3 is 2.79 bits per heavy atom. The molecular formula is C9H14BrN3O. The number of nitrogens with zero attached hydrogens (tertiary/aromatic N) is 2. The van der Waals surface area contributed by atoms with Crippen molar-refractivity contribution in [2.24, 2.45) is 0 Å². The topological polar surface area (TPSA) is 46.9 Å². The Morgan fingerprint density at radius 2 is 2.36 bits per heavy atom. The van der Waals surface area contributed by atoms with Crippen molar-refractivity contribution in [2.75, 3.05) is 5.32 Å². The fourth-order valence-electron chi connectivity index (χ4n) is 0.881. The summed E-state index contributed by atoms with van der Waals surface area (Å²) >= 11 is 3.29.